The van der Waals surface area contributed by atoms with Crippen molar-refractivity contribution in [2.45, 2.75) is 32.6 Å². The average Bonchev–Trinajstić information content (AvgIpc) is 3.08. The van der Waals surface area contributed by atoms with Gasteiger partial charge in [-0.2, -0.15) is 0 Å². The Morgan fingerprint density at radius 1 is 1.14 bits per heavy atom. The van der Waals surface area contributed by atoms with Crippen molar-refractivity contribution in [2.24, 2.45) is 0 Å². The van der Waals surface area contributed by atoms with E-state index < -0.39 is 0 Å². The van der Waals surface area contributed by atoms with E-state index in [2.05, 4.69) is 26.7 Å². The van der Waals surface area contributed by atoms with Crippen molar-refractivity contribution in [3.8, 4) is 0 Å². The Kier molecular flexibility index (Phi) is 3.55. The molecule has 2 aromatic rings. The van der Waals surface area contributed by atoms with E-state index in [-0.39, 0.29) is 0 Å². The van der Waals surface area contributed by atoms with Gasteiger partial charge in [-0.25, -0.2) is 9.97 Å². The minimum Gasteiger partial charge on any atom is -0.353 e. The van der Waals surface area contributed by atoms with Crippen LogP contribution < -0.4 is 4.90 Å². The van der Waals surface area contributed by atoms with Crippen LogP contribution >= 0.6 is 11.3 Å². The summed E-state index contributed by atoms with van der Waals surface area (Å²) in [7, 11) is 0. The Morgan fingerprint density at radius 2 is 2.00 bits per heavy atom. The summed E-state index contributed by atoms with van der Waals surface area (Å²) in [4.78, 5) is 17.0. The third kappa shape index (κ3) is 2.32. The van der Waals surface area contributed by atoms with Crippen molar-refractivity contribution in [3.05, 3.63) is 16.8 Å². The summed E-state index contributed by atoms with van der Waals surface area (Å²) in [5, 5.41) is 1.36. The molecule has 1 aliphatic carbocycles. The van der Waals surface area contributed by atoms with Gasteiger partial charge in [-0.3, -0.25) is 4.90 Å². The number of nitrogens with zero attached hydrogens (tertiary/aromatic N) is 4. The van der Waals surface area contributed by atoms with Crippen LogP contribution in [0.1, 0.15) is 30.2 Å². The lowest BCUT2D eigenvalue weighted by Gasteiger charge is -2.35. The molecule has 1 aliphatic heterocycles. The van der Waals surface area contributed by atoms with Crippen LogP contribution in [0.2, 0.25) is 0 Å². The lowest BCUT2D eigenvalue weighted by atomic mass is 10.1. The Balaban J connectivity index is 1.65. The van der Waals surface area contributed by atoms with Gasteiger partial charge in [0, 0.05) is 31.1 Å². The first-order valence-corrected chi connectivity index (χ1v) is 8.91. The fraction of sp³-hybridized carbons (Fsp3) is 0.625. The fourth-order valence-corrected chi connectivity index (χ4v) is 4.87. The van der Waals surface area contributed by atoms with Gasteiger partial charge in [0.05, 0.1) is 5.39 Å². The topological polar surface area (TPSA) is 32.3 Å². The molecule has 0 aromatic carbocycles. The van der Waals surface area contributed by atoms with Gasteiger partial charge in [0.15, 0.2) is 0 Å². The van der Waals surface area contributed by atoms with Crippen LogP contribution in [0.4, 0.5) is 5.82 Å². The van der Waals surface area contributed by atoms with Gasteiger partial charge in [-0.1, -0.05) is 6.92 Å². The normalized spacial score (nSPS) is 19.4. The molecule has 1 fully saturated rings. The number of aryl methyl sites for hydroxylation is 2. The fourth-order valence-electron chi connectivity index (χ4n) is 3.65. The molecule has 0 spiro atoms. The highest BCUT2D eigenvalue weighted by Crippen LogP contribution is 2.40. The van der Waals surface area contributed by atoms with E-state index in [0.717, 1.165) is 26.2 Å². The summed E-state index contributed by atoms with van der Waals surface area (Å²) >= 11 is 1.89. The summed E-state index contributed by atoms with van der Waals surface area (Å²) in [6.45, 7) is 7.99. The third-order valence-corrected chi connectivity index (χ3v) is 5.89. The first kappa shape index (κ1) is 13.5. The Morgan fingerprint density at radius 3 is 2.81 bits per heavy atom. The van der Waals surface area contributed by atoms with Gasteiger partial charge in [0.1, 0.15) is 17.0 Å². The van der Waals surface area contributed by atoms with E-state index in [1.54, 1.807) is 16.8 Å². The maximum absolute atomic E-state index is 4.65. The van der Waals surface area contributed by atoms with Gasteiger partial charge in [0.25, 0.3) is 0 Å². The van der Waals surface area contributed by atoms with Crippen LogP contribution in [0.5, 0.6) is 0 Å². The molecular weight excluding hydrogens is 280 g/mol. The van der Waals surface area contributed by atoms with Crippen LogP contribution in [0.3, 0.4) is 0 Å². The maximum atomic E-state index is 4.65. The standard InChI is InChI=1S/C16H22N4S/c1-2-6-19-7-9-20(10-8-19)15-14-12-4-3-5-13(12)21-16(14)18-11-17-15/h11H,2-10H2,1H3. The minimum absolute atomic E-state index is 1.09. The summed E-state index contributed by atoms with van der Waals surface area (Å²) in [6.07, 6.45) is 6.75. The molecule has 1 saturated heterocycles. The molecule has 0 radical (unpaired) electrons. The Bertz CT molecular complexity index is 643. The Hall–Kier alpha value is -1.20. The largest absolute Gasteiger partial charge is 0.353 e. The van der Waals surface area contributed by atoms with Crippen molar-refractivity contribution in [1.29, 1.82) is 0 Å². The van der Waals surface area contributed by atoms with E-state index in [4.69, 9.17) is 0 Å². The van der Waals surface area contributed by atoms with Crippen molar-refractivity contribution in [1.82, 2.24) is 14.9 Å². The predicted molar refractivity (Wildman–Crippen MR) is 88.4 cm³/mol. The Labute approximate surface area is 129 Å². The highest BCUT2D eigenvalue weighted by Gasteiger charge is 2.25. The van der Waals surface area contributed by atoms with E-state index >= 15 is 0 Å². The molecule has 5 heteroatoms. The second kappa shape index (κ2) is 5.54. The molecule has 2 aliphatic rings. The van der Waals surface area contributed by atoms with Crippen molar-refractivity contribution >= 4 is 27.4 Å². The van der Waals surface area contributed by atoms with Gasteiger partial charge < -0.3 is 4.90 Å². The second-order valence-electron chi connectivity index (χ2n) is 6.06. The monoisotopic (exact) mass is 302 g/mol. The SMILES string of the molecule is CCCN1CCN(c2ncnc3sc4c(c23)CCC4)CC1. The molecule has 0 amide bonds. The molecule has 4 rings (SSSR count). The molecule has 0 bridgehead atoms. The number of hydrogen-bond donors (Lipinski definition) is 0. The highest BCUT2D eigenvalue weighted by atomic mass is 32.1. The van der Waals surface area contributed by atoms with Crippen LogP contribution in [0.15, 0.2) is 6.33 Å². The van der Waals surface area contributed by atoms with Crippen molar-refractivity contribution < 1.29 is 0 Å². The summed E-state index contributed by atoms with van der Waals surface area (Å²) in [5.74, 6) is 1.19. The van der Waals surface area contributed by atoms with Crippen molar-refractivity contribution in [3.63, 3.8) is 0 Å². The number of aromatic nitrogens is 2. The summed E-state index contributed by atoms with van der Waals surface area (Å²) in [6, 6.07) is 0. The zero-order valence-electron chi connectivity index (χ0n) is 12.6. The smallest absolute Gasteiger partial charge is 0.141 e. The van der Waals surface area contributed by atoms with Crippen LogP contribution in [-0.4, -0.2) is 47.6 Å². The zero-order chi connectivity index (χ0) is 14.2. The average molecular weight is 302 g/mol. The predicted octanol–water partition coefficient (Wildman–Crippen LogP) is 2.71. The molecule has 0 saturated carbocycles. The quantitative estimate of drug-likeness (QED) is 0.872. The molecule has 0 atom stereocenters. The molecule has 3 heterocycles. The summed E-state index contributed by atoms with van der Waals surface area (Å²) < 4.78 is 0. The molecule has 0 N–H and O–H groups in total. The van der Waals surface area contributed by atoms with Gasteiger partial charge >= 0.3 is 0 Å². The number of rotatable bonds is 3. The molecular formula is C16H22N4S. The van der Waals surface area contributed by atoms with E-state index in [1.165, 1.54) is 48.3 Å². The lowest BCUT2D eigenvalue weighted by molar-refractivity contribution is 0.258. The zero-order valence-corrected chi connectivity index (χ0v) is 13.5. The van der Waals surface area contributed by atoms with Crippen LogP contribution in [0, 0.1) is 0 Å². The van der Waals surface area contributed by atoms with Crippen LogP contribution in [0.25, 0.3) is 10.2 Å². The molecule has 2 aromatic heterocycles. The lowest BCUT2D eigenvalue weighted by Crippen LogP contribution is -2.46. The number of anilines is 1. The van der Waals surface area contributed by atoms with Gasteiger partial charge in [-0.05, 0) is 37.8 Å². The molecule has 0 unspecified atom stereocenters. The van der Waals surface area contributed by atoms with E-state index in [9.17, 15) is 0 Å². The molecule has 4 nitrogen and oxygen atoms in total. The van der Waals surface area contributed by atoms with Crippen molar-refractivity contribution in [2.75, 3.05) is 37.6 Å². The van der Waals surface area contributed by atoms with Crippen LogP contribution in [-0.2, 0) is 12.8 Å². The first-order chi connectivity index (χ1) is 10.4. The minimum atomic E-state index is 1.09. The number of fused-ring (bicyclic) bond motifs is 3. The first-order valence-electron chi connectivity index (χ1n) is 8.09. The van der Waals surface area contributed by atoms with Gasteiger partial charge in [-0.15, -0.1) is 11.3 Å². The number of thiophene rings is 1. The second-order valence-corrected chi connectivity index (χ2v) is 7.15. The maximum Gasteiger partial charge on any atom is 0.141 e. The number of hydrogen-bond acceptors (Lipinski definition) is 5. The van der Waals surface area contributed by atoms with E-state index in [0.29, 0.717) is 0 Å². The number of piperazine rings is 1. The van der Waals surface area contributed by atoms with E-state index in [1.807, 2.05) is 11.3 Å². The molecule has 21 heavy (non-hydrogen) atoms. The van der Waals surface area contributed by atoms with Gasteiger partial charge in [0.2, 0.25) is 0 Å². The molecule has 112 valence electrons. The third-order valence-electron chi connectivity index (χ3n) is 4.69. The highest BCUT2D eigenvalue weighted by molar-refractivity contribution is 7.19. The summed E-state index contributed by atoms with van der Waals surface area (Å²) in [5.41, 5.74) is 1.54.